The van der Waals surface area contributed by atoms with E-state index in [0.717, 1.165) is 22.4 Å². The number of rotatable bonds is 9. The van der Waals surface area contributed by atoms with Crippen molar-refractivity contribution >= 4 is 17.5 Å². The first-order chi connectivity index (χ1) is 16.9. The summed E-state index contributed by atoms with van der Waals surface area (Å²) in [6.45, 7) is 7.03. The van der Waals surface area contributed by atoms with Crippen molar-refractivity contribution in [2.24, 2.45) is 0 Å². The van der Waals surface area contributed by atoms with Gasteiger partial charge < -0.3 is 19.8 Å². The Kier molecular flexibility index (Phi) is 7.30. The Morgan fingerprint density at radius 1 is 1.06 bits per heavy atom. The molecule has 2 aromatic carbocycles. The third-order valence-corrected chi connectivity index (χ3v) is 5.48. The monoisotopic (exact) mass is 472 g/mol. The third kappa shape index (κ3) is 5.97. The molecule has 2 N–H and O–H groups in total. The van der Waals surface area contributed by atoms with Gasteiger partial charge in [0, 0.05) is 18.3 Å². The number of anilines is 1. The second kappa shape index (κ2) is 10.7. The van der Waals surface area contributed by atoms with Crippen molar-refractivity contribution in [2.75, 3.05) is 5.32 Å². The molecule has 0 radical (unpaired) electrons. The summed E-state index contributed by atoms with van der Waals surface area (Å²) in [7, 11) is 0. The highest BCUT2D eigenvalue weighted by atomic mass is 16.5. The lowest BCUT2D eigenvalue weighted by Gasteiger charge is -2.11. The summed E-state index contributed by atoms with van der Waals surface area (Å²) >= 11 is 0. The first kappa shape index (κ1) is 23.8. The number of benzene rings is 2. The SMILES string of the molecule is CCn1cc(NC(=O)c2cccc(COc3cc(C)ccc3C)c2)c(C(=O)NCc2ccco2)n1. The Bertz CT molecular complexity index is 1320. The zero-order valence-electron chi connectivity index (χ0n) is 20.0. The maximum Gasteiger partial charge on any atom is 0.274 e. The number of carbonyl (C=O) groups excluding carboxylic acids is 2. The molecule has 0 atom stereocenters. The maximum absolute atomic E-state index is 13.0. The smallest absolute Gasteiger partial charge is 0.274 e. The largest absolute Gasteiger partial charge is 0.489 e. The molecule has 8 heteroatoms. The third-order valence-electron chi connectivity index (χ3n) is 5.48. The Hall–Kier alpha value is -4.33. The topological polar surface area (TPSA) is 98.4 Å². The van der Waals surface area contributed by atoms with Crippen LogP contribution in [0.15, 0.2) is 71.5 Å². The molecular weight excluding hydrogens is 444 g/mol. The summed E-state index contributed by atoms with van der Waals surface area (Å²) in [5.74, 6) is 0.699. The summed E-state index contributed by atoms with van der Waals surface area (Å²) in [6.07, 6.45) is 3.19. The predicted octanol–water partition coefficient (Wildman–Crippen LogP) is 4.87. The van der Waals surface area contributed by atoms with Crippen LogP contribution in [0.1, 0.15) is 50.2 Å². The Morgan fingerprint density at radius 3 is 2.69 bits per heavy atom. The van der Waals surface area contributed by atoms with E-state index in [2.05, 4.69) is 15.7 Å². The molecule has 8 nitrogen and oxygen atoms in total. The van der Waals surface area contributed by atoms with Crippen LogP contribution in [0.4, 0.5) is 5.69 Å². The van der Waals surface area contributed by atoms with Crippen molar-refractivity contribution in [3.05, 3.63) is 101 Å². The number of hydrogen-bond acceptors (Lipinski definition) is 5. The first-order valence-corrected chi connectivity index (χ1v) is 11.4. The number of hydrogen-bond donors (Lipinski definition) is 2. The summed E-state index contributed by atoms with van der Waals surface area (Å²) < 4.78 is 12.8. The number of amides is 2. The Labute approximate surface area is 203 Å². The van der Waals surface area contributed by atoms with Gasteiger partial charge in [-0.05, 0) is 67.8 Å². The van der Waals surface area contributed by atoms with E-state index >= 15 is 0 Å². The normalized spacial score (nSPS) is 10.7. The minimum Gasteiger partial charge on any atom is -0.489 e. The number of ether oxygens (including phenoxy) is 1. The van der Waals surface area contributed by atoms with Gasteiger partial charge in [-0.15, -0.1) is 0 Å². The molecule has 0 saturated carbocycles. The number of furan rings is 1. The molecule has 2 aromatic heterocycles. The molecule has 2 amide bonds. The number of nitrogens with one attached hydrogen (secondary N) is 2. The average Bonchev–Trinajstić information content (AvgIpc) is 3.53. The van der Waals surface area contributed by atoms with Crippen molar-refractivity contribution in [3.8, 4) is 5.75 Å². The van der Waals surface area contributed by atoms with E-state index < -0.39 is 5.91 Å². The zero-order valence-corrected chi connectivity index (χ0v) is 20.0. The lowest BCUT2D eigenvalue weighted by atomic mass is 10.1. The van der Waals surface area contributed by atoms with Crippen molar-refractivity contribution < 1.29 is 18.7 Å². The van der Waals surface area contributed by atoms with Gasteiger partial charge in [-0.2, -0.15) is 5.10 Å². The minimum atomic E-state index is -0.403. The van der Waals surface area contributed by atoms with Crippen molar-refractivity contribution in [1.82, 2.24) is 15.1 Å². The quantitative estimate of drug-likeness (QED) is 0.362. The van der Waals surface area contributed by atoms with Crippen molar-refractivity contribution in [3.63, 3.8) is 0 Å². The van der Waals surface area contributed by atoms with Crippen LogP contribution in [0.5, 0.6) is 5.75 Å². The van der Waals surface area contributed by atoms with E-state index in [1.165, 1.54) is 0 Å². The van der Waals surface area contributed by atoms with Gasteiger partial charge in [0.25, 0.3) is 11.8 Å². The lowest BCUT2D eigenvalue weighted by molar-refractivity contribution is 0.0943. The van der Waals surface area contributed by atoms with Crippen molar-refractivity contribution in [1.29, 1.82) is 0 Å². The van der Waals surface area contributed by atoms with E-state index in [-0.39, 0.29) is 18.1 Å². The van der Waals surface area contributed by atoms with Crippen LogP contribution >= 0.6 is 0 Å². The number of carbonyl (C=O) groups is 2. The number of aromatic nitrogens is 2. The van der Waals surface area contributed by atoms with Gasteiger partial charge in [0.1, 0.15) is 18.1 Å². The van der Waals surface area contributed by atoms with Crippen LogP contribution in [-0.4, -0.2) is 21.6 Å². The molecule has 35 heavy (non-hydrogen) atoms. The van der Waals surface area contributed by atoms with E-state index in [1.54, 1.807) is 41.4 Å². The molecule has 0 spiro atoms. The van der Waals surface area contributed by atoms with E-state index in [9.17, 15) is 9.59 Å². The van der Waals surface area contributed by atoms with E-state index in [4.69, 9.17) is 9.15 Å². The minimum absolute atomic E-state index is 0.140. The van der Waals surface area contributed by atoms with E-state index in [1.807, 2.05) is 51.1 Å². The average molecular weight is 473 g/mol. The number of aryl methyl sites for hydroxylation is 3. The molecule has 180 valence electrons. The molecule has 2 heterocycles. The molecule has 0 bridgehead atoms. The molecule has 0 saturated heterocycles. The van der Waals surface area contributed by atoms with Crippen LogP contribution in [0.2, 0.25) is 0 Å². The van der Waals surface area contributed by atoms with Gasteiger partial charge in [-0.1, -0.05) is 24.3 Å². The highest BCUT2D eigenvalue weighted by molar-refractivity contribution is 6.08. The summed E-state index contributed by atoms with van der Waals surface area (Å²) in [5.41, 5.74) is 3.97. The van der Waals surface area contributed by atoms with E-state index in [0.29, 0.717) is 30.2 Å². The highest BCUT2D eigenvalue weighted by Crippen LogP contribution is 2.21. The summed E-state index contributed by atoms with van der Waals surface area (Å²) in [5, 5.41) is 9.90. The lowest BCUT2D eigenvalue weighted by Crippen LogP contribution is -2.25. The summed E-state index contributed by atoms with van der Waals surface area (Å²) in [6, 6.07) is 16.8. The molecule has 0 aliphatic heterocycles. The predicted molar refractivity (Wildman–Crippen MR) is 132 cm³/mol. The maximum atomic E-state index is 13.0. The van der Waals surface area contributed by atoms with Crippen LogP contribution in [0.3, 0.4) is 0 Å². The zero-order chi connectivity index (χ0) is 24.8. The molecular formula is C27H28N4O4. The van der Waals surface area contributed by atoms with Gasteiger partial charge in [-0.3, -0.25) is 14.3 Å². The van der Waals surface area contributed by atoms with Crippen LogP contribution in [0.25, 0.3) is 0 Å². The van der Waals surface area contributed by atoms with Crippen LogP contribution < -0.4 is 15.4 Å². The number of nitrogens with zero attached hydrogens (tertiary/aromatic N) is 2. The van der Waals surface area contributed by atoms with Gasteiger partial charge in [0.05, 0.1) is 18.5 Å². The second-order valence-corrected chi connectivity index (χ2v) is 8.22. The fourth-order valence-electron chi connectivity index (χ4n) is 3.53. The van der Waals surface area contributed by atoms with Crippen LogP contribution in [-0.2, 0) is 19.7 Å². The summed E-state index contributed by atoms with van der Waals surface area (Å²) in [4.78, 5) is 25.8. The Balaban J connectivity index is 1.45. The molecule has 4 rings (SSSR count). The van der Waals surface area contributed by atoms with Crippen LogP contribution in [0, 0.1) is 13.8 Å². The van der Waals surface area contributed by atoms with Gasteiger partial charge in [-0.25, -0.2) is 0 Å². The van der Waals surface area contributed by atoms with Gasteiger partial charge in [0.2, 0.25) is 0 Å². The molecule has 0 unspecified atom stereocenters. The fourth-order valence-corrected chi connectivity index (χ4v) is 3.53. The molecule has 4 aromatic rings. The first-order valence-electron chi connectivity index (χ1n) is 11.4. The fraction of sp³-hybridized carbons (Fsp3) is 0.222. The second-order valence-electron chi connectivity index (χ2n) is 8.22. The molecule has 0 aliphatic rings. The van der Waals surface area contributed by atoms with Gasteiger partial charge >= 0.3 is 0 Å². The Morgan fingerprint density at radius 2 is 1.91 bits per heavy atom. The highest BCUT2D eigenvalue weighted by Gasteiger charge is 2.19. The van der Waals surface area contributed by atoms with Crippen molar-refractivity contribution in [2.45, 2.75) is 40.5 Å². The standard InChI is InChI=1S/C27H28N4O4/c1-4-31-16-23(25(30-31)27(33)28-15-22-9-6-12-34-22)29-26(32)21-8-5-7-20(14-21)17-35-24-13-18(2)10-11-19(24)3/h5-14,16H,4,15,17H2,1-3H3,(H,28,33)(H,29,32). The molecule has 0 aliphatic carbocycles. The van der Waals surface area contributed by atoms with Gasteiger partial charge in [0.15, 0.2) is 5.69 Å². The molecule has 0 fully saturated rings.